The first kappa shape index (κ1) is 32.4. The van der Waals surface area contributed by atoms with Crippen LogP contribution in [0.5, 0.6) is 5.75 Å². The standard InChI is InChI=1S/C32H45N3O5/c1-8-10-11-16-33-29(37)28(25-19-22(3)18-23(4)20-25)35(17-9-2)30(38)27(34-31(39)40-32(5,6)7)21-24-12-14-26(36)15-13-24/h9,12-15,18-20,27-28,36H,2,8,10-11,16-17,21H2,1,3-7H3,(H,33,37)(H,34,39). The summed E-state index contributed by atoms with van der Waals surface area (Å²) in [4.78, 5) is 42.2. The molecule has 0 fully saturated rings. The maximum absolute atomic E-state index is 14.2. The predicted molar refractivity (Wildman–Crippen MR) is 158 cm³/mol. The Labute approximate surface area is 238 Å². The maximum atomic E-state index is 14.2. The fourth-order valence-electron chi connectivity index (χ4n) is 4.50. The number of aryl methyl sites for hydroxylation is 2. The molecule has 0 radical (unpaired) electrons. The van der Waals surface area contributed by atoms with E-state index in [-0.39, 0.29) is 24.6 Å². The number of phenolic OH excluding ortho intramolecular Hbond substituents is 1. The Balaban J connectivity index is 2.52. The molecule has 2 unspecified atom stereocenters. The summed E-state index contributed by atoms with van der Waals surface area (Å²) in [5.41, 5.74) is 2.57. The molecule has 40 heavy (non-hydrogen) atoms. The van der Waals surface area contributed by atoms with Crippen LogP contribution in [0.4, 0.5) is 4.79 Å². The Hall–Kier alpha value is -3.81. The van der Waals surface area contributed by atoms with Crippen molar-refractivity contribution in [1.82, 2.24) is 15.5 Å². The lowest BCUT2D eigenvalue weighted by molar-refractivity contribution is -0.141. The van der Waals surface area contributed by atoms with Crippen LogP contribution < -0.4 is 10.6 Å². The number of hydrogen-bond acceptors (Lipinski definition) is 5. The Morgan fingerprint density at radius 2 is 1.68 bits per heavy atom. The molecule has 0 saturated carbocycles. The van der Waals surface area contributed by atoms with Gasteiger partial charge in [-0.2, -0.15) is 0 Å². The van der Waals surface area contributed by atoms with Crippen molar-refractivity contribution in [3.8, 4) is 5.75 Å². The zero-order chi connectivity index (χ0) is 29.9. The van der Waals surface area contributed by atoms with Crippen molar-refractivity contribution in [2.24, 2.45) is 0 Å². The Kier molecular flexibility index (Phi) is 12.2. The highest BCUT2D eigenvalue weighted by atomic mass is 16.6. The number of ether oxygens (including phenoxy) is 1. The van der Waals surface area contributed by atoms with Gasteiger partial charge in [0, 0.05) is 19.5 Å². The number of unbranched alkanes of at least 4 members (excludes halogenated alkanes) is 2. The van der Waals surface area contributed by atoms with E-state index < -0.39 is 29.7 Å². The lowest BCUT2D eigenvalue weighted by atomic mass is 9.97. The van der Waals surface area contributed by atoms with E-state index in [4.69, 9.17) is 4.74 Å². The van der Waals surface area contributed by atoms with Gasteiger partial charge in [0.25, 0.3) is 0 Å². The van der Waals surface area contributed by atoms with Crippen LogP contribution in [0.15, 0.2) is 55.1 Å². The summed E-state index contributed by atoms with van der Waals surface area (Å²) in [6.07, 6.45) is 3.80. The molecule has 2 atom stereocenters. The van der Waals surface area contributed by atoms with E-state index in [0.717, 1.165) is 36.0 Å². The molecule has 0 saturated heterocycles. The van der Waals surface area contributed by atoms with E-state index in [1.165, 1.54) is 17.0 Å². The van der Waals surface area contributed by atoms with E-state index in [0.29, 0.717) is 12.1 Å². The monoisotopic (exact) mass is 551 g/mol. The highest BCUT2D eigenvalue weighted by Gasteiger charge is 2.36. The lowest BCUT2D eigenvalue weighted by Gasteiger charge is -2.34. The van der Waals surface area contributed by atoms with Crippen LogP contribution in [-0.4, -0.2) is 52.6 Å². The van der Waals surface area contributed by atoms with Crippen LogP contribution in [-0.2, 0) is 20.7 Å². The number of hydrogen-bond donors (Lipinski definition) is 3. The van der Waals surface area contributed by atoms with Gasteiger partial charge in [0.15, 0.2) is 0 Å². The third-order valence-corrected chi connectivity index (χ3v) is 6.17. The van der Waals surface area contributed by atoms with Gasteiger partial charge < -0.3 is 25.4 Å². The molecule has 3 N–H and O–H groups in total. The lowest BCUT2D eigenvalue weighted by Crippen LogP contribution is -2.54. The molecule has 2 aromatic carbocycles. The average molecular weight is 552 g/mol. The van der Waals surface area contributed by atoms with Crippen molar-refractivity contribution in [2.45, 2.75) is 84.9 Å². The topological polar surface area (TPSA) is 108 Å². The summed E-state index contributed by atoms with van der Waals surface area (Å²) in [6.45, 7) is 15.6. The molecule has 0 aliphatic heterocycles. The molecule has 0 bridgehead atoms. The molecular formula is C32H45N3O5. The van der Waals surface area contributed by atoms with Crippen molar-refractivity contribution in [3.05, 3.63) is 77.4 Å². The molecule has 0 aliphatic carbocycles. The number of nitrogens with zero attached hydrogens (tertiary/aromatic N) is 1. The molecule has 2 aromatic rings. The first-order chi connectivity index (χ1) is 18.8. The first-order valence-corrected chi connectivity index (χ1v) is 13.9. The van der Waals surface area contributed by atoms with Crippen LogP contribution in [0.25, 0.3) is 0 Å². The number of rotatable bonds is 13. The van der Waals surface area contributed by atoms with Crippen LogP contribution in [0.2, 0.25) is 0 Å². The minimum Gasteiger partial charge on any atom is -0.508 e. The zero-order valence-electron chi connectivity index (χ0n) is 24.8. The van der Waals surface area contributed by atoms with Crippen LogP contribution >= 0.6 is 0 Å². The van der Waals surface area contributed by atoms with Gasteiger partial charge in [-0.3, -0.25) is 9.59 Å². The molecule has 218 valence electrons. The Morgan fingerprint density at radius 1 is 1.05 bits per heavy atom. The third kappa shape index (κ3) is 10.4. The summed E-state index contributed by atoms with van der Waals surface area (Å²) >= 11 is 0. The van der Waals surface area contributed by atoms with Gasteiger partial charge in [-0.1, -0.05) is 67.3 Å². The number of carbonyl (C=O) groups is 3. The van der Waals surface area contributed by atoms with E-state index in [9.17, 15) is 19.5 Å². The number of carbonyl (C=O) groups excluding carboxylic acids is 3. The molecule has 0 spiro atoms. The predicted octanol–water partition coefficient (Wildman–Crippen LogP) is 5.51. The molecule has 0 aromatic heterocycles. The summed E-state index contributed by atoms with van der Waals surface area (Å²) in [5.74, 6) is -0.654. The molecule has 0 heterocycles. The van der Waals surface area contributed by atoms with Crippen LogP contribution in [0.1, 0.15) is 75.3 Å². The number of alkyl carbamates (subject to hydrolysis) is 1. The number of amides is 3. The number of aromatic hydroxyl groups is 1. The average Bonchev–Trinajstić information content (AvgIpc) is 2.85. The third-order valence-electron chi connectivity index (χ3n) is 6.17. The van der Waals surface area contributed by atoms with Crippen molar-refractivity contribution in [2.75, 3.05) is 13.1 Å². The van der Waals surface area contributed by atoms with Gasteiger partial charge in [0.1, 0.15) is 23.4 Å². The van der Waals surface area contributed by atoms with Gasteiger partial charge in [-0.05, 0) is 64.3 Å². The van der Waals surface area contributed by atoms with Gasteiger partial charge in [0.05, 0.1) is 0 Å². The Morgan fingerprint density at radius 3 is 2.23 bits per heavy atom. The summed E-state index contributed by atoms with van der Waals surface area (Å²) in [7, 11) is 0. The largest absolute Gasteiger partial charge is 0.508 e. The van der Waals surface area contributed by atoms with Gasteiger partial charge >= 0.3 is 6.09 Å². The smallest absolute Gasteiger partial charge is 0.408 e. The van der Waals surface area contributed by atoms with Gasteiger partial charge in [0.2, 0.25) is 11.8 Å². The fourth-order valence-corrected chi connectivity index (χ4v) is 4.50. The van der Waals surface area contributed by atoms with Crippen molar-refractivity contribution >= 4 is 17.9 Å². The second-order valence-corrected chi connectivity index (χ2v) is 11.2. The molecule has 3 amide bonds. The second kappa shape index (κ2) is 15.1. The molecule has 2 rings (SSSR count). The minimum absolute atomic E-state index is 0.0843. The normalized spacial score (nSPS) is 12.7. The van der Waals surface area contributed by atoms with E-state index >= 15 is 0 Å². The summed E-state index contributed by atoms with van der Waals surface area (Å²) in [5, 5.41) is 15.5. The van der Waals surface area contributed by atoms with Crippen molar-refractivity contribution < 1.29 is 24.2 Å². The molecular weight excluding hydrogens is 506 g/mol. The number of benzene rings is 2. The SMILES string of the molecule is C=CCN(C(=O)C(Cc1ccc(O)cc1)NC(=O)OC(C)(C)C)C(C(=O)NCCCCC)c1cc(C)cc(C)c1. The van der Waals surface area contributed by atoms with Crippen LogP contribution in [0, 0.1) is 13.8 Å². The highest BCUT2D eigenvalue weighted by molar-refractivity contribution is 5.92. The molecule has 8 nitrogen and oxygen atoms in total. The Bertz CT molecular complexity index is 1130. The number of phenols is 1. The van der Waals surface area contributed by atoms with Crippen LogP contribution in [0.3, 0.4) is 0 Å². The first-order valence-electron chi connectivity index (χ1n) is 13.9. The summed E-state index contributed by atoms with van der Waals surface area (Å²) < 4.78 is 5.45. The number of nitrogens with one attached hydrogen (secondary N) is 2. The summed E-state index contributed by atoms with van der Waals surface area (Å²) in [6, 6.07) is 10.3. The van der Waals surface area contributed by atoms with Crippen molar-refractivity contribution in [1.29, 1.82) is 0 Å². The van der Waals surface area contributed by atoms with E-state index in [1.54, 1.807) is 39.0 Å². The maximum Gasteiger partial charge on any atom is 0.408 e. The van der Waals surface area contributed by atoms with E-state index in [2.05, 4.69) is 24.1 Å². The zero-order valence-corrected chi connectivity index (χ0v) is 24.8. The fraction of sp³-hybridized carbons (Fsp3) is 0.469. The van der Waals surface area contributed by atoms with Gasteiger partial charge in [-0.15, -0.1) is 6.58 Å². The second-order valence-electron chi connectivity index (χ2n) is 11.2. The minimum atomic E-state index is -1.04. The van der Waals surface area contributed by atoms with Crippen molar-refractivity contribution in [3.63, 3.8) is 0 Å². The molecule has 0 aliphatic rings. The quantitative estimate of drug-likeness (QED) is 0.225. The molecule has 8 heteroatoms. The van der Waals surface area contributed by atoms with Gasteiger partial charge in [-0.25, -0.2) is 4.79 Å². The highest BCUT2D eigenvalue weighted by Crippen LogP contribution is 2.26. The van der Waals surface area contributed by atoms with E-state index in [1.807, 2.05) is 32.0 Å².